The molecule has 2 atom stereocenters. The van der Waals surface area contributed by atoms with Gasteiger partial charge in [-0.05, 0) is 60.6 Å². The minimum atomic E-state index is -0.157. The molecule has 1 aromatic rings. The van der Waals surface area contributed by atoms with Crippen LogP contribution in [0, 0.1) is 11.7 Å². The van der Waals surface area contributed by atoms with Gasteiger partial charge in [0.25, 0.3) is 0 Å². The number of benzene rings is 1. The summed E-state index contributed by atoms with van der Waals surface area (Å²) in [5.74, 6) is 3.06. The lowest BCUT2D eigenvalue weighted by Crippen LogP contribution is -2.38. The number of likely N-dealkylation sites (N-methyl/N-ethyl adjacent to an activating group) is 1. The Morgan fingerprint density at radius 3 is 2.94 bits per heavy atom. The Bertz CT molecular complexity index is 373. The molecule has 2 unspecified atom stereocenters. The highest BCUT2D eigenvalue weighted by atomic mass is 79.9. The van der Waals surface area contributed by atoms with Crippen molar-refractivity contribution >= 4 is 27.7 Å². The summed E-state index contributed by atoms with van der Waals surface area (Å²) in [4.78, 5) is 0. The van der Waals surface area contributed by atoms with E-state index in [-0.39, 0.29) is 5.82 Å². The minimum absolute atomic E-state index is 0.157. The first kappa shape index (κ1) is 14.4. The average Bonchev–Trinajstić information content (AvgIpc) is 2.80. The van der Waals surface area contributed by atoms with Crippen molar-refractivity contribution in [2.45, 2.75) is 25.8 Å². The van der Waals surface area contributed by atoms with E-state index in [2.05, 4.69) is 28.2 Å². The molecule has 100 valence electrons. The third-order valence-corrected chi connectivity index (χ3v) is 5.02. The van der Waals surface area contributed by atoms with Crippen LogP contribution in [-0.4, -0.2) is 24.1 Å². The molecule has 1 aliphatic heterocycles. The maximum Gasteiger partial charge on any atom is 0.124 e. The monoisotopic (exact) mass is 331 g/mol. The van der Waals surface area contributed by atoms with Gasteiger partial charge >= 0.3 is 0 Å². The van der Waals surface area contributed by atoms with Crippen molar-refractivity contribution < 1.29 is 4.39 Å². The van der Waals surface area contributed by atoms with Gasteiger partial charge in [-0.15, -0.1) is 0 Å². The highest BCUT2D eigenvalue weighted by Gasteiger charge is 2.25. The van der Waals surface area contributed by atoms with Gasteiger partial charge in [-0.1, -0.05) is 22.9 Å². The SMILES string of the molecule is CCNC(Cc1cc(F)cc(Br)c1)C1CCSC1. The van der Waals surface area contributed by atoms with Gasteiger partial charge in [-0.3, -0.25) is 0 Å². The van der Waals surface area contributed by atoms with E-state index in [9.17, 15) is 4.39 Å². The molecular formula is C14H19BrFNS. The molecular weight excluding hydrogens is 313 g/mol. The highest BCUT2D eigenvalue weighted by molar-refractivity contribution is 9.10. The predicted octanol–water partition coefficient (Wildman–Crippen LogP) is 3.86. The molecule has 1 fully saturated rings. The van der Waals surface area contributed by atoms with Crippen LogP contribution in [0.2, 0.25) is 0 Å². The molecule has 1 heterocycles. The average molecular weight is 332 g/mol. The van der Waals surface area contributed by atoms with E-state index in [1.165, 1.54) is 24.0 Å². The lowest BCUT2D eigenvalue weighted by atomic mass is 9.93. The van der Waals surface area contributed by atoms with Crippen LogP contribution in [0.25, 0.3) is 0 Å². The Kier molecular flexibility index (Phi) is 5.52. The van der Waals surface area contributed by atoms with Gasteiger partial charge in [-0.25, -0.2) is 4.39 Å². The van der Waals surface area contributed by atoms with E-state index >= 15 is 0 Å². The number of nitrogens with one attached hydrogen (secondary N) is 1. The number of rotatable bonds is 5. The van der Waals surface area contributed by atoms with E-state index < -0.39 is 0 Å². The molecule has 0 amide bonds. The lowest BCUT2D eigenvalue weighted by molar-refractivity contribution is 0.386. The quantitative estimate of drug-likeness (QED) is 0.879. The van der Waals surface area contributed by atoms with Gasteiger partial charge in [0.15, 0.2) is 0 Å². The maximum atomic E-state index is 13.4. The standard InChI is InChI=1S/C14H19BrFNS/c1-2-17-14(11-3-4-18-9-11)7-10-5-12(15)8-13(16)6-10/h5-6,8,11,14,17H,2-4,7,9H2,1H3. The predicted molar refractivity (Wildman–Crippen MR) is 80.7 cm³/mol. The maximum absolute atomic E-state index is 13.4. The van der Waals surface area contributed by atoms with Gasteiger partial charge in [0.2, 0.25) is 0 Å². The minimum Gasteiger partial charge on any atom is -0.314 e. The number of halogens is 2. The van der Waals surface area contributed by atoms with Crippen molar-refractivity contribution in [2.75, 3.05) is 18.1 Å². The van der Waals surface area contributed by atoms with Crippen molar-refractivity contribution in [3.8, 4) is 0 Å². The number of hydrogen-bond donors (Lipinski definition) is 1. The Morgan fingerprint density at radius 2 is 2.33 bits per heavy atom. The summed E-state index contributed by atoms with van der Waals surface area (Å²) < 4.78 is 14.2. The normalized spacial score (nSPS) is 21.2. The molecule has 1 aliphatic rings. The zero-order valence-electron chi connectivity index (χ0n) is 10.6. The van der Waals surface area contributed by atoms with Crippen LogP contribution >= 0.6 is 27.7 Å². The summed E-state index contributed by atoms with van der Waals surface area (Å²) in [7, 11) is 0. The van der Waals surface area contributed by atoms with E-state index in [4.69, 9.17) is 0 Å². The first-order valence-corrected chi connectivity index (χ1v) is 8.40. The van der Waals surface area contributed by atoms with Crippen molar-refractivity contribution in [1.82, 2.24) is 5.32 Å². The zero-order valence-corrected chi connectivity index (χ0v) is 13.0. The molecule has 0 bridgehead atoms. The topological polar surface area (TPSA) is 12.0 Å². The van der Waals surface area contributed by atoms with Gasteiger partial charge in [0.1, 0.15) is 5.82 Å². The molecule has 0 aromatic heterocycles. The van der Waals surface area contributed by atoms with Crippen molar-refractivity contribution in [2.24, 2.45) is 5.92 Å². The fourth-order valence-corrected chi connectivity index (χ4v) is 4.37. The summed E-state index contributed by atoms with van der Waals surface area (Å²) >= 11 is 5.39. The zero-order chi connectivity index (χ0) is 13.0. The lowest BCUT2D eigenvalue weighted by Gasteiger charge is -2.24. The van der Waals surface area contributed by atoms with Crippen LogP contribution in [0.15, 0.2) is 22.7 Å². The smallest absolute Gasteiger partial charge is 0.124 e. The van der Waals surface area contributed by atoms with Crippen molar-refractivity contribution in [1.29, 1.82) is 0 Å². The largest absolute Gasteiger partial charge is 0.314 e. The first-order valence-electron chi connectivity index (χ1n) is 6.45. The van der Waals surface area contributed by atoms with E-state index in [0.29, 0.717) is 6.04 Å². The number of thioether (sulfide) groups is 1. The molecule has 0 saturated carbocycles. The summed E-state index contributed by atoms with van der Waals surface area (Å²) in [6.45, 7) is 3.11. The van der Waals surface area contributed by atoms with Crippen LogP contribution < -0.4 is 5.32 Å². The highest BCUT2D eigenvalue weighted by Crippen LogP contribution is 2.28. The van der Waals surface area contributed by atoms with E-state index in [1.54, 1.807) is 6.07 Å². The Hall–Kier alpha value is -0.0600. The number of hydrogen-bond acceptors (Lipinski definition) is 2. The fourth-order valence-electron chi connectivity index (χ4n) is 2.52. The molecule has 0 aliphatic carbocycles. The molecule has 1 nitrogen and oxygen atoms in total. The summed E-state index contributed by atoms with van der Waals surface area (Å²) in [6.07, 6.45) is 2.19. The molecule has 1 aromatic carbocycles. The molecule has 1 saturated heterocycles. The summed E-state index contributed by atoms with van der Waals surface area (Å²) in [5, 5.41) is 3.56. The van der Waals surface area contributed by atoms with E-state index in [0.717, 1.165) is 28.9 Å². The van der Waals surface area contributed by atoms with Crippen LogP contribution in [-0.2, 0) is 6.42 Å². The third-order valence-electron chi connectivity index (χ3n) is 3.38. The third kappa shape index (κ3) is 3.97. The second-order valence-corrected chi connectivity index (χ2v) is 6.84. The second kappa shape index (κ2) is 6.92. The molecule has 0 spiro atoms. The van der Waals surface area contributed by atoms with Crippen molar-refractivity contribution in [3.63, 3.8) is 0 Å². The van der Waals surface area contributed by atoms with Gasteiger partial charge in [0, 0.05) is 10.5 Å². The summed E-state index contributed by atoms with van der Waals surface area (Å²) in [6, 6.07) is 5.66. The molecule has 4 heteroatoms. The van der Waals surface area contributed by atoms with Crippen LogP contribution in [0.5, 0.6) is 0 Å². The van der Waals surface area contributed by atoms with Gasteiger partial charge < -0.3 is 5.32 Å². The summed E-state index contributed by atoms with van der Waals surface area (Å²) in [5.41, 5.74) is 1.07. The first-order chi connectivity index (χ1) is 8.69. The van der Waals surface area contributed by atoms with Crippen LogP contribution in [0.4, 0.5) is 4.39 Å². The molecule has 1 N–H and O–H groups in total. The van der Waals surface area contributed by atoms with Crippen LogP contribution in [0.1, 0.15) is 18.9 Å². The fraction of sp³-hybridized carbons (Fsp3) is 0.571. The molecule has 2 rings (SSSR count). The van der Waals surface area contributed by atoms with Crippen LogP contribution in [0.3, 0.4) is 0 Å². The second-order valence-electron chi connectivity index (χ2n) is 4.77. The Morgan fingerprint density at radius 1 is 1.50 bits per heavy atom. The Balaban J connectivity index is 2.07. The molecule has 0 radical (unpaired) electrons. The Labute approximate surface area is 121 Å². The molecule has 18 heavy (non-hydrogen) atoms. The van der Waals surface area contributed by atoms with Crippen molar-refractivity contribution in [3.05, 3.63) is 34.1 Å². The van der Waals surface area contributed by atoms with Gasteiger partial charge in [0.05, 0.1) is 0 Å². The van der Waals surface area contributed by atoms with Gasteiger partial charge in [-0.2, -0.15) is 11.8 Å². The van der Waals surface area contributed by atoms with E-state index in [1.807, 2.05) is 17.8 Å².